The van der Waals surface area contributed by atoms with Gasteiger partial charge in [0.05, 0.1) is 0 Å². The number of aryl methyl sites for hydroxylation is 1. The molecular weight excluding hydrogens is 524 g/mol. The molecule has 0 aliphatic carbocycles. The van der Waals surface area contributed by atoms with E-state index in [9.17, 15) is 18.0 Å². The molecule has 10 heteroatoms. The Labute approximate surface area is 199 Å². The van der Waals surface area contributed by atoms with E-state index in [0.717, 1.165) is 31.5 Å². The van der Waals surface area contributed by atoms with Crippen LogP contribution in [-0.2, 0) is 11.3 Å². The van der Waals surface area contributed by atoms with Crippen LogP contribution in [0.2, 0.25) is 0 Å². The van der Waals surface area contributed by atoms with Crippen molar-refractivity contribution in [3.8, 4) is 5.75 Å². The molecule has 1 aromatic carbocycles. The summed E-state index contributed by atoms with van der Waals surface area (Å²) < 4.78 is 42.5. The second-order valence-corrected chi connectivity index (χ2v) is 7.70. The van der Waals surface area contributed by atoms with E-state index in [0.29, 0.717) is 30.4 Å². The van der Waals surface area contributed by atoms with Gasteiger partial charge in [-0.15, -0.1) is 24.0 Å². The average molecular weight is 556 g/mol. The minimum Gasteiger partial charge on any atom is -0.484 e. The van der Waals surface area contributed by atoms with E-state index < -0.39 is 12.8 Å². The molecule has 2 N–H and O–H groups in total. The lowest BCUT2D eigenvalue weighted by Gasteiger charge is -2.31. The van der Waals surface area contributed by atoms with Crippen molar-refractivity contribution in [2.45, 2.75) is 45.8 Å². The first-order valence-electron chi connectivity index (χ1n) is 10.2. The van der Waals surface area contributed by atoms with Gasteiger partial charge in [0.1, 0.15) is 5.75 Å². The molecule has 1 heterocycles. The highest BCUT2D eigenvalue weighted by molar-refractivity contribution is 14.0. The largest absolute Gasteiger partial charge is 0.484 e. The number of carbonyl (C=O) groups excluding carboxylic acids is 1. The van der Waals surface area contributed by atoms with Gasteiger partial charge in [0, 0.05) is 45.2 Å². The minimum atomic E-state index is -4.40. The molecule has 6 nitrogen and oxygen atoms in total. The van der Waals surface area contributed by atoms with Crippen LogP contribution in [0.25, 0.3) is 0 Å². The van der Waals surface area contributed by atoms with Crippen LogP contribution in [0.4, 0.5) is 13.2 Å². The molecule has 1 amide bonds. The number of benzene rings is 1. The van der Waals surface area contributed by atoms with Gasteiger partial charge in [-0.25, -0.2) is 0 Å². The predicted molar refractivity (Wildman–Crippen MR) is 126 cm³/mol. The summed E-state index contributed by atoms with van der Waals surface area (Å²) >= 11 is 0. The molecule has 0 aromatic heterocycles. The van der Waals surface area contributed by atoms with E-state index in [1.165, 1.54) is 0 Å². The Bertz CT molecular complexity index is 744. The number of hydrogen-bond donors (Lipinski definition) is 2. The van der Waals surface area contributed by atoms with Crippen molar-refractivity contribution >= 4 is 35.8 Å². The van der Waals surface area contributed by atoms with Gasteiger partial charge in [0.25, 0.3) is 0 Å². The van der Waals surface area contributed by atoms with Crippen LogP contribution in [0.3, 0.4) is 0 Å². The summed E-state index contributed by atoms with van der Waals surface area (Å²) in [6.45, 7) is 4.89. The van der Waals surface area contributed by atoms with Gasteiger partial charge in [-0.2, -0.15) is 13.2 Å². The second kappa shape index (κ2) is 13.0. The zero-order valence-corrected chi connectivity index (χ0v) is 20.5. The van der Waals surface area contributed by atoms with Crippen molar-refractivity contribution in [2.24, 2.45) is 10.9 Å². The highest BCUT2D eigenvalue weighted by Gasteiger charge is 2.28. The second-order valence-electron chi connectivity index (χ2n) is 7.70. The van der Waals surface area contributed by atoms with Gasteiger partial charge in [0.2, 0.25) is 5.91 Å². The zero-order chi connectivity index (χ0) is 22.1. The SMILES string of the molecule is CN=C(NCCC(=O)N1CCCC(C)C1)NCc1ccc(C)cc1OCC(F)(F)F.I. The van der Waals surface area contributed by atoms with Gasteiger partial charge in [0.15, 0.2) is 12.6 Å². The lowest BCUT2D eigenvalue weighted by Crippen LogP contribution is -2.42. The van der Waals surface area contributed by atoms with E-state index in [1.807, 2.05) is 11.0 Å². The first-order valence-corrected chi connectivity index (χ1v) is 10.2. The van der Waals surface area contributed by atoms with Crippen LogP contribution in [0.5, 0.6) is 5.75 Å². The number of amides is 1. The smallest absolute Gasteiger partial charge is 0.422 e. The van der Waals surface area contributed by atoms with Crippen molar-refractivity contribution in [2.75, 3.05) is 33.3 Å². The highest BCUT2D eigenvalue weighted by atomic mass is 127. The summed E-state index contributed by atoms with van der Waals surface area (Å²) in [7, 11) is 1.60. The lowest BCUT2D eigenvalue weighted by atomic mass is 10.00. The first-order chi connectivity index (χ1) is 14.2. The van der Waals surface area contributed by atoms with Gasteiger partial charge in [-0.05, 0) is 37.3 Å². The molecule has 1 saturated heterocycles. The number of likely N-dealkylation sites (tertiary alicyclic amines) is 1. The molecule has 31 heavy (non-hydrogen) atoms. The zero-order valence-electron chi connectivity index (χ0n) is 18.2. The average Bonchev–Trinajstić information content (AvgIpc) is 2.69. The Morgan fingerprint density at radius 2 is 2.06 bits per heavy atom. The van der Waals surface area contributed by atoms with E-state index in [-0.39, 0.29) is 42.2 Å². The fraction of sp³-hybridized carbons (Fsp3) is 0.619. The molecule has 1 aliphatic heterocycles. The molecule has 0 radical (unpaired) electrons. The van der Waals surface area contributed by atoms with Crippen LogP contribution in [-0.4, -0.2) is 56.2 Å². The minimum absolute atomic E-state index is 0. The molecular formula is C21H32F3IN4O2. The van der Waals surface area contributed by atoms with Crippen LogP contribution in [0, 0.1) is 12.8 Å². The fourth-order valence-electron chi connectivity index (χ4n) is 3.36. The Morgan fingerprint density at radius 1 is 1.32 bits per heavy atom. The van der Waals surface area contributed by atoms with Gasteiger partial charge < -0.3 is 20.3 Å². The molecule has 1 atom stereocenters. The topological polar surface area (TPSA) is 66.0 Å². The summed E-state index contributed by atoms with van der Waals surface area (Å²) in [5.41, 5.74) is 1.40. The van der Waals surface area contributed by atoms with Crippen molar-refractivity contribution in [3.05, 3.63) is 29.3 Å². The van der Waals surface area contributed by atoms with Gasteiger partial charge in [-0.3, -0.25) is 9.79 Å². The summed E-state index contributed by atoms with van der Waals surface area (Å²) in [6.07, 6.45) is -1.84. The fourth-order valence-corrected chi connectivity index (χ4v) is 3.36. The third-order valence-electron chi connectivity index (χ3n) is 4.92. The molecule has 1 aliphatic rings. The number of hydrogen-bond acceptors (Lipinski definition) is 3. The lowest BCUT2D eigenvalue weighted by molar-refractivity contribution is -0.153. The highest BCUT2D eigenvalue weighted by Crippen LogP contribution is 2.23. The molecule has 2 rings (SSSR count). The molecule has 1 aromatic rings. The molecule has 1 fully saturated rings. The molecule has 1 unspecified atom stereocenters. The number of alkyl halides is 3. The normalized spacial score (nSPS) is 17.0. The summed E-state index contributed by atoms with van der Waals surface area (Å²) in [5, 5.41) is 6.13. The standard InChI is InChI=1S/C21H31F3N4O2.HI/c1-15-6-7-17(18(11-15)30-14-21(22,23)24)12-27-20(25-3)26-9-8-19(29)28-10-4-5-16(2)13-28;/h6-7,11,16H,4-5,8-10,12-14H2,1-3H3,(H2,25,26,27);1H. The number of aliphatic imine (C=N–C) groups is 1. The van der Waals surface area contributed by atoms with Crippen LogP contribution in [0.1, 0.15) is 37.3 Å². The van der Waals surface area contributed by atoms with Crippen LogP contribution >= 0.6 is 24.0 Å². The van der Waals surface area contributed by atoms with E-state index >= 15 is 0 Å². The molecule has 0 spiro atoms. The Kier molecular flexibility index (Phi) is 11.4. The quantitative estimate of drug-likeness (QED) is 0.304. The number of piperidine rings is 1. The maximum absolute atomic E-state index is 12.5. The third-order valence-corrected chi connectivity index (χ3v) is 4.92. The van der Waals surface area contributed by atoms with Crippen molar-refractivity contribution < 1.29 is 22.7 Å². The summed E-state index contributed by atoms with van der Waals surface area (Å²) in [6, 6.07) is 5.12. The van der Waals surface area contributed by atoms with Crippen molar-refractivity contribution in [1.82, 2.24) is 15.5 Å². The Morgan fingerprint density at radius 3 is 2.71 bits per heavy atom. The van der Waals surface area contributed by atoms with Gasteiger partial charge in [-0.1, -0.05) is 19.1 Å². The number of ether oxygens (including phenoxy) is 1. The maximum Gasteiger partial charge on any atom is 0.422 e. The molecule has 0 saturated carbocycles. The first kappa shape index (κ1) is 27.3. The summed E-state index contributed by atoms with van der Waals surface area (Å²) in [5.74, 6) is 1.31. The van der Waals surface area contributed by atoms with E-state index in [1.54, 1.807) is 26.1 Å². The number of guanidine groups is 1. The number of nitrogens with zero attached hydrogens (tertiary/aromatic N) is 2. The monoisotopic (exact) mass is 556 g/mol. The summed E-state index contributed by atoms with van der Waals surface area (Å²) in [4.78, 5) is 18.4. The number of carbonyl (C=O) groups is 1. The van der Waals surface area contributed by atoms with Crippen molar-refractivity contribution in [1.29, 1.82) is 0 Å². The van der Waals surface area contributed by atoms with Crippen LogP contribution < -0.4 is 15.4 Å². The molecule has 176 valence electrons. The number of halogens is 4. The maximum atomic E-state index is 12.5. The third kappa shape index (κ3) is 9.96. The van der Waals surface area contributed by atoms with Crippen molar-refractivity contribution in [3.63, 3.8) is 0 Å². The van der Waals surface area contributed by atoms with E-state index in [4.69, 9.17) is 4.74 Å². The Balaban J connectivity index is 0.00000480. The number of rotatable bonds is 7. The predicted octanol–water partition coefficient (Wildman–Crippen LogP) is 3.87. The molecule has 0 bridgehead atoms. The van der Waals surface area contributed by atoms with Gasteiger partial charge >= 0.3 is 6.18 Å². The van der Waals surface area contributed by atoms with E-state index in [2.05, 4.69) is 22.5 Å². The van der Waals surface area contributed by atoms with Crippen LogP contribution in [0.15, 0.2) is 23.2 Å². The Hall–Kier alpha value is -1.72. The number of nitrogens with one attached hydrogen (secondary N) is 2.